The summed E-state index contributed by atoms with van der Waals surface area (Å²) in [6, 6.07) is 0.833. The third kappa shape index (κ3) is 13.5. The Bertz CT molecular complexity index is 323. The molecule has 0 aromatic rings. The second-order valence-electron chi connectivity index (χ2n) is 6.47. The lowest BCUT2D eigenvalue weighted by molar-refractivity contribution is -0.137. The van der Waals surface area contributed by atoms with Gasteiger partial charge in [-0.2, -0.15) is 0 Å². The first kappa shape index (κ1) is 25.3. The molecule has 0 aliphatic heterocycles. The smallest absolute Gasteiger partial charge is 0.463 e. The topological polar surface area (TPSA) is 54.0 Å². The molecule has 0 radical (unpaired) electrons. The standard InChI is InChI=1S/C20H40O5Si/c1-5-9-16-23-26(24-17-10-6-2,25-18-11-7-3)19-14-12-13-15-22-20(21)8-4/h8H,4-7,9-19H2,1-3H3. The molecule has 0 rings (SSSR count). The fourth-order valence-electron chi connectivity index (χ4n) is 2.31. The van der Waals surface area contributed by atoms with Gasteiger partial charge in [0.2, 0.25) is 0 Å². The molecule has 0 amide bonds. The molecule has 0 bridgehead atoms. The van der Waals surface area contributed by atoms with Gasteiger partial charge in [0, 0.05) is 31.9 Å². The SMILES string of the molecule is C=CC(=O)OCCCCC[Si](OCCCC)(OCCCC)OCCCC. The Balaban J connectivity index is 4.50. The van der Waals surface area contributed by atoms with Crippen molar-refractivity contribution >= 4 is 14.8 Å². The predicted molar refractivity (Wildman–Crippen MR) is 108 cm³/mol. The molecule has 0 saturated heterocycles. The Hall–Kier alpha value is -0.693. The monoisotopic (exact) mass is 388 g/mol. The maximum Gasteiger partial charge on any atom is 0.500 e. The zero-order valence-electron chi connectivity index (χ0n) is 17.2. The van der Waals surface area contributed by atoms with E-state index in [9.17, 15) is 4.79 Å². The van der Waals surface area contributed by atoms with Crippen molar-refractivity contribution in [2.45, 2.75) is 84.6 Å². The number of carbonyl (C=O) groups is 1. The second-order valence-corrected chi connectivity index (χ2v) is 9.20. The van der Waals surface area contributed by atoms with Crippen molar-refractivity contribution in [1.29, 1.82) is 0 Å². The van der Waals surface area contributed by atoms with Crippen LogP contribution < -0.4 is 0 Å². The quantitative estimate of drug-likeness (QED) is 0.130. The van der Waals surface area contributed by atoms with Crippen molar-refractivity contribution in [2.75, 3.05) is 26.4 Å². The number of hydrogen-bond acceptors (Lipinski definition) is 5. The van der Waals surface area contributed by atoms with E-state index < -0.39 is 8.80 Å². The Morgan fingerprint density at radius 2 is 1.27 bits per heavy atom. The van der Waals surface area contributed by atoms with E-state index in [0.717, 1.165) is 63.8 Å². The van der Waals surface area contributed by atoms with E-state index in [0.29, 0.717) is 26.4 Å². The van der Waals surface area contributed by atoms with Crippen LogP contribution in [0.3, 0.4) is 0 Å². The van der Waals surface area contributed by atoms with Crippen LogP contribution in [0.5, 0.6) is 0 Å². The van der Waals surface area contributed by atoms with Crippen LogP contribution in [-0.2, 0) is 22.8 Å². The van der Waals surface area contributed by atoms with Crippen molar-refractivity contribution in [1.82, 2.24) is 0 Å². The summed E-state index contributed by atoms with van der Waals surface area (Å²) in [7, 11) is -2.62. The van der Waals surface area contributed by atoms with E-state index in [2.05, 4.69) is 27.4 Å². The molecule has 0 heterocycles. The summed E-state index contributed by atoms with van der Waals surface area (Å²) in [4.78, 5) is 11.1. The highest BCUT2D eigenvalue weighted by molar-refractivity contribution is 6.60. The lowest BCUT2D eigenvalue weighted by atomic mass is 10.3. The summed E-state index contributed by atoms with van der Waals surface area (Å²) in [6.45, 7) is 12.4. The van der Waals surface area contributed by atoms with E-state index in [1.165, 1.54) is 6.08 Å². The summed E-state index contributed by atoms with van der Waals surface area (Å²) in [5.74, 6) is -0.359. The van der Waals surface area contributed by atoms with E-state index >= 15 is 0 Å². The maximum absolute atomic E-state index is 11.1. The van der Waals surface area contributed by atoms with Crippen molar-refractivity contribution in [3.63, 3.8) is 0 Å². The lowest BCUT2D eigenvalue weighted by Gasteiger charge is -2.30. The molecule has 5 nitrogen and oxygen atoms in total. The summed E-state index contributed by atoms with van der Waals surface area (Å²) in [5.41, 5.74) is 0. The molecule has 0 aliphatic carbocycles. The third-order valence-electron chi connectivity index (χ3n) is 4.00. The van der Waals surface area contributed by atoms with E-state index in [1.807, 2.05) is 0 Å². The first-order valence-electron chi connectivity index (χ1n) is 10.3. The number of esters is 1. The van der Waals surface area contributed by atoms with Crippen molar-refractivity contribution in [2.24, 2.45) is 0 Å². The molecule has 0 aromatic heterocycles. The Morgan fingerprint density at radius 1 is 0.769 bits per heavy atom. The van der Waals surface area contributed by atoms with Gasteiger partial charge in [0.15, 0.2) is 0 Å². The van der Waals surface area contributed by atoms with Crippen molar-refractivity contribution < 1.29 is 22.8 Å². The van der Waals surface area contributed by atoms with Crippen LogP contribution in [0.1, 0.15) is 78.6 Å². The molecular formula is C20H40O5Si. The molecule has 0 unspecified atom stereocenters. The Kier molecular flexibility index (Phi) is 17.2. The molecule has 0 aliphatic rings. The number of hydrogen-bond donors (Lipinski definition) is 0. The van der Waals surface area contributed by atoms with Crippen LogP contribution in [0.15, 0.2) is 12.7 Å². The van der Waals surface area contributed by atoms with Gasteiger partial charge in [0.25, 0.3) is 0 Å². The zero-order chi connectivity index (χ0) is 19.5. The number of ether oxygens (including phenoxy) is 1. The molecular weight excluding hydrogens is 348 g/mol. The van der Waals surface area contributed by atoms with Gasteiger partial charge in [0.05, 0.1) is 6.61 Å². The average Bonchev–Trinajstić information content (AvgIpc) is 2.65. The van der Waals surface area contributed by atoms with Crippen molar-refractivity contribution in [3.8, 4) is 0 Å². The summed E-state index contributed by atoms with van der Waals surface area (Å²) in [6.07, 6.45) is 10.3. The molecule has 154 valence electrons. The fourth-order valence-corrected chi connectivity index (χ4v) is 5.04. The van der Waals surface area contributed by atoms with Gasteiger partial charge in [-0.25, -0.2) is 4.79 Å². The molecule has 6 heteroatoms. The minimum Gasteiger partial charge on any atom is -0.463 e. The van der Waals surface area contributed by atoms with Crippen LogP contribution in [0.2, 0.25) is 6.04 Å². The largest absolute Gasteiger partial charge is 0.500 e. The molecule has 0 spiro atoms. The number of unbranched alkanes of at least 4 members (excludes halogenated alkanes) is 5. The lowest BCUT2D eigenvalue weighted by Crippen LogP contribution is -2.46. The summed E-state index contributed by atoms with van der Waals surface area (Å²) < 4.78 is 23.7. The van der Waals surface area contributed by atoms with E-state index in [-0.39, 0.29) is 5.97 Å². The van der Waals surface area contributed by atoms with Gasteiger partial charge in [-0.3, -0.25) is 0 Å². The van der Waals surface area contributed by atoms with Gasteiger partial charge in [-0.15, -0.1) is 0 Å². The van der Waals surface area contributed by atoms with E-state index in [1.54, 1.807) is 0 Å². The fraction of sp³-hybridized carbons (Fsp3) is 0.850. The highest BCUT2D eigenvalue weighted by Crippen LogP contribution is 2.22. The molecule has 0 N–H and O–H groups in total. The van der Waals surface area contributed by atoms with Gasteiger partial charge in [-0.1, -0.05) is 53.0 Å². The molecule has 0 saturated carbocycles. The highest BCUT2D eigenvalue weighted by Gasteiger charge is 2.40. The summed E-state index contributed by atoms with van der Waals surface area (Å²) in [5, 5.41) is 0. The van der Waals surface area contributed by atoms with Crippen LogP contribution >= 0.6 is 0 Å². The number of rotatable bonds is 19. The second kappa shape index (κ2) is 17.7. The first-order chi connectivity index (χ1) is 12.6. The number of carbonyl (C=O) groups excluding carboxylic acids is 1. The van der Waals surface area contributed by atoms with Gasteiger partial charge < -0.3 is 18.0 Å². The molecule has 0 atom stereocenters. The minimum atomic E-state index is -2.62. The van der Waals surface area contributed by atoms with Crippen LogP contribution in [0.25, 0.3) is 0 Å². The first-order valence-corrected chi connectivity index (χ1v) is 12.3. The van der Waals surface area contributed by atoms with E-state index in [4.69, 9.17) is 18.0 Å². The third-order valence-corrected chi connectivity index (χ3v) is 6.90. The molecule has 26 heavy (non-hydrogen) atoms. The predicted octanol–water partition coefficient (Wildman–Crippen LogP) is 5.27. The van der Waals surface area contributed by atoms with Crippen LogP contribution in [0, 0.1) is 0 Å². The van der Waals surface area contributed by atoms with Crippen LogP contribution in [0.4, 0.5) is 0 Å². The molecule has 0 fully saturated rings. The summed E-state index contributed by atoms with van der Waals surface area (Å²) >= 11 is 0. The average molecular weight is 389 g/mol. The normalized spacial score (nSPS) is 11.5. The zero-order valence-corrected chi connectivity index (χ0v) is 18.2. The highest BCUT2D eigenvalue weighted by atomic mass is 28.4. The van der Waals surface area contributed by atoms with Gasteiger partial charge in [0.1, 0.15) is 0 Å². The Morgan fingerprint density at radius 3 is 1.69 bits per heavy atom. The van der Waals surface area contributed by atoms with Crippen LogP contribution in [-0.4, -0.2) is 41.2 Å². The minimum absolute atomic E-state index is 0.359. The Labute approximate surface area is 161 Å². The van der Waals surface area contributed by atoms with Gasteiger partial charge >= 0.3 is 14.8 Å². The molecule has 0 aromatic carbocycles. The maximum atomic E-state index is 11.1. The van der Waals surface area contributed by atoms with Gasteiger partial charge in [-0.05, 0) is 32.1 Å². The van der Waals surface area contributed by atoms with Crippen molar-refractivity contribution in [3.05, 3.63) is 12.7 Å².